The third kappa shape index (κ3) is 5.09. The van der Waals surface area contributed by atoms with Gasteiger partial charge in [0.25, 0.3) is 0 Å². The van der Waals surface area contributed by atoms with Crippen LogP contribution >= 0.6 is 0 Å². The molecule has 1 amide bonds. The number of likely N-dealkylation sites (tertiary alicyclic amines) is 1. The maximum absolute atomic E-state index is 11.2. The number of nitrogens with zero attached hydrogens (tertiary/aromatic N) is 7. The number of benzene rings is 1. The topological polar surface area (TPSA) is 118 Å². The molecular weight excluding hydrogens is 456 g/mol. The van der Waals surface area contributed by atoms with Crippen LogP contribution in [0.3, 0.4) is 0 Å². The van der Waals surface area contributed by atoms with Gasteiger partial charge in [0.2, 0.25) is 5.91 Å². The summed E-state index contributed by atoms with van der Waals surface area (Å²) in [4.78, 5) is 24.6. The summed E-state index contributed by atoms with van der Waals surface area (Å²) < 4.78 is 3.95. The van der Waals surface area contributed by atoms with E-state index in [0.29, 0.717) is 13.1 Å². The molecule has 188 valence electrons. The summed E-state index contributed by atoms with van der Waals surface area (Å²) in [6.07, 6.45) is 7.61. The SMILES string of the molecule is CCN(Cc1ccc(-n2cccn2)cc1)c1ncnc2c1ccn2CC1CCN(CC(N)=O)CC1O. The number of fused-ring (bicyclic) bond motifs is 1. The van der Waals surface area contributed by atoms with E-state index in [-0.39, 0.29) is 18.4 Å². The quantitative estimate of drug-likeness (QED) is 0.369. The van der Waals surface area contributed by atoms with Crippen LogP contribution in [-0.2, 0) is 17.9 Å². The maximum atomic E-state index is 11.2. The summed E-state index contributed by atoms with van der Waals surface area (Å²) in [6.45, 7) is 5.69. The first-order valence-electron chi connectivity index (χ1n) is 12.3. The number of amides is 1. The van der Waals surface area contributed by atoms with Gasteiger partial charge in [-0.1, -0.05) is 12.1 Å². The van der Waals surface area contributed by atoms with Crippen molar-refractivity contribution in [2.24, 2.45) is 11.7 Å². The van der Waals surface area contributed by atoms with Crippen molar-refractivity contribution < 1.29 is 9.90 Å². The second kappa shape index (κ2) is 10.5. The summed E-state index contributed by atoms with van der Waals surface area (Å²) in [5.41, 5.74) is 8.38. The van der Waals surface area contributed by atoms with E-state index in [2.05, 4.69) is 61.8 Å². The van der Waals surface area contributed by atoms with Crippen molar-refractivity contribution in [2.45, 2.75) is 32.5 Å². The second-order valence-electron chi connectivity index (χ2n) is 9.35. The molecule has 10 nitrogen and oxygen atoms in total. The van der Waals surface area contributed by atoms with Gasteiger partial charge >= 0.3 is 0 Å². The van der Waals surface area contributed by atoms with Gasteiger partial charge in [0.05, 0.1) is 23.7 Å². The van der Waals surface area contributed by atoms with Crippen LogP contribution in [0.4, 0.5) is 5.82 Å². The third-order valence-corrected chi connectivity index (χ3v) is 6.91. The largest absolute Gasteiger partial charge is 0.391 e. The maximum Gasteiger partial charge on any atom is 0.231 e. The minimum absolute atomic E-state index is 0.0821. The second-order valence-corrected chi connectivity index (χ2v) is 9.35. The van der Waals surface area contributed by atoms with Gasteiger partial charge < -0.3 is 20.3 Å². The Morgan fingerprint density at radius 3 is 2.72 bits per heavy atom. The van der Waals surface area contributed by atoms with Crippen molar-refractivity contribution in [3.63, 3.8) is 0 Å². The number of aliphatic hydroxyl groups excluding tert-OH is 1. The van der Waals surface area contributed by atoms with Gasteiger partial charge in [0, 0.05) is 50.7 Å². The lowest BCUT2D eigenvalue weighted by atomic mass is 9.93. The molecule has 0 aliphatic carbocycles. The molecule has 3 N–H and O–H groups in total. The number of primary amides is 1. The predicted octanol–water partition coefficient (Wildman–Crippen LogP) is 1.81. The Hall–Kier alpha value is -3.76. The minimum atomic E-state index is -0.520. The van der Waals surface area contributed by atoms with Crippen LogP contribution < -0.4 is 10.6 Å². The molecule has 36 heavy (non-hydrogen) atoms. The van der Waals surface area contributed by atoms with Crippen LogP contribution in [0.15, 0.2) is 61.3 Å². The number of carbonyl (C=O) groups is 1. The fourth-order valence-corrected chi connectivity index (χ4v) is 5.00. The van der Waals surface area contributed by atoms with Gasteiger partial charge in [-0.3, -0.25) is 9.69 Å². The van der Waals surface area contributed by atoms with E-state index in [9.17, 15) is 9.90 Å². The number of β-amino-alcohol motifs (C(OH)–C–C–N with tert-alkyl or cyclic N) is 1. The number of aliphatic hydroxyl groups is 1. The molecule has 10 heteroatoms. The third-order valence-electron chi connectivity index (χ3n) is 6.91. The number of hydrogen-bond donors (Lipinski definition) is 2. The van der Waals surface area contributed by atoms with E-state index in [1.807, 2.05) is 28.0 Å². The van der Waals surface area contributed by atoms with Crippen molar-refractivity contribution in [2.75, 3.05) is 31.1 Å². The van der Waals surface area contributed by atoms with Gasteiger partial charge in [-0.2, -0.15) is 5.10 Å². The molecule has 1 aliphatic heterocycles. The van der Waals surface area contributed by atoms with Crippen molar-refractivity contribution in [1.29, 1.82) is 0 Å². The molecular formula is C26H32N8O2. The molecule has 0 bridgehead atoms. The fourth-order valence-electron chi connectivity index (χ4n) is 5.00. The van der Waals surface area contributed by atoms with Crippen molar-refractivity contribution in [3.05, 3.63) is 66.9 Å². The summed E-state index contributed by atoms with van der Waals surface area (Å²) in [6, 6.07) is 12.4. The summed E-state index contributed by atoms with van der Waals surface area (Å²) >= 11 is 0. The minimum Gasteiger partial charge on any atom is -0.391 e. The molecule has 5 rings (SSSR count). The molecule has 0 radical (unpaired) electrons. The number of aromatic nitrogens is 5. The zero-order valence-electron chi connectivity index (χ0n) is 20.4. The fraction of sp³-hybridized carbons (Fsp3) is 0.385. The molecule has 4 heterocycles. The number of piperidine rings is 1. The first kappa shape index (κ1) is 24.0. The van der Waals surface area contributed by atoms with E-state index < -0.39 is 6.10 Å². The lowest BCUT2D eigenvalue weighted by molar-refractivity contribution is -0.120. The zero-order valence-corrected chi connectivity index (χ0v) is 20.4. The zero-order chi connectivity index (χ0) is 25.1. The van der Waals surface area contributed by atoms with Crippen LogP contribution in [0, 0.1) is 5.92 Å². The first-order valence-corrected chi connectivity index (χ1v) is 12.3. The van der Waals surface area contributed by atoms with Crippen molar-refractivity contribution in [3.8, 4) is 5.69 Å². The number of nitrogens with two attached hydrogens (primary N) is 1. The highest BCUT2D eigenvalue weighted by Gasteiger charge is 2.29. The van der Waals surface area contributed by atoms with E-state index in [1.165, 1.54) is 5.56 Å². The molecule has 2 atom stereocenters. The van der Waals surface area contributed by atoms with E-state index in [4.69, 9.17) is 5.73 Å². The highest BCUT2D eigenvalue weighted by molar-refractivity contribution is 5.87. The average molecular weight is 489 g/mol. The number of carbonyl (C=O) groups excluding carboxylic acids is 1. The average Bonchev–Trinajstić information content (AvgIpc) is 3.55. The number of rotatable bonds is 9. The van der Waals surface area contributed by atoms with E-state index in [1.54, 1.807) is 12.5 Å². The standard InChI is InChI=1S/C26H32N8O2/c1-2-32(14-19-4-6-21(7-5-19)34-11-3-10-30-34)25-22-9-13-33(26(22)29-18-28-25)15-20-8-12-31(16-23(20)35)17-24(27)36/h3-7,9-11,13,18,20,23,35H,2,8,12,14-17H2,1H3,(H2,27,36). The van der Waals surface area contributed by atoms with Crippen LogP contribution in [-0.4, -0.2) is 72.5 Å². The lowest BCUT2D eigenvalue weighted by Crippen LogP contribution is -2.47. The van der Waals surface area contributed by atoms with Gasteiger partial charge in [-0.25, -0.2) is 14.6 Å². The van der Waals surface area contributed by atoms with Gasteiger partial charge in [0.1, 0.15) is 17.8 Å². The molecule has 2 unspecified atom stereocenters. The summed E-state index contributed by atoms with van der Waals surface area (Å²) in [5, 5.41) is 16.0. The smallest absolute Gasteiger partial charge is 0.231 e. The van der Waals surface area contributed by atoms with Crippen LogP contribution in [0.1, 0.15) is 18.9 Å². The molecule has 0 spiro atoms. The highest BCUT2D eigenvalue weighted by Crippen LogP contribution is 2.28. The Balaban J connectivity index is 1.31. The van der Waals surface area contributed by atoms with Crippen molar-refractivity contribution in [1.82, 2.24) is 29.2 Å². The highest BCUT2D eigenvalue weighted by atomic mass is 16.3. The van der Waals surface area contributed by atoms with Crippen LogP contribution in [0.25, 0.3) is 16.7 Å². The van der Waals surface area contributed by atoms with Gasteiger partial charge in [-0.05, 0) is 49.7 Å². The van der Waals surface area contributed by atoms with Crippen molar-refractivity contribution >= 4 is 22.8 Å². The van der Waals surface area contributed by atoms with E-state index in [0.717, 1.165) is 48.6 Å². The lowest BCUT2D eigenvalue weighted by Gasteiger charge is -2.35. The monoisotopic (exact) mass is 488 g/mol. The van der Waals surface area contributed by atoms with Crippen LogP contribution in [0.5, 0.6) is 0 Å². The normalized spacial score (nSPS) is 18.5. The Morgan fingerprint density at radius 2 is 2.03 bits per heavy atom. The Morgan fingerprint density at radius 1 is 1.19 bits per heavy atom. The van der Waals surface area contributed by atoms with Gasteiger partial charge in [0.15, 0.2) is 0 Å². The molecule has 1 saturated heterocycles. The molecule has 1 aliphatic rings. The number of hydrogen-bond acceptors (Lipinski definition) is 7. The predicted molar refractivity (Wildman–Crippen MR) is 138 cm³/mol. The summed E-state index contributed by atoms with van der Waals surface area (Å²) in [7, 11) is 0. The summed E-state index contributed by atoms with van der Waals surface area (Å²) in [5.74, 6) is 0.614. The molecule has 1 aromatic carbocycles. The molecule has 3 aromatic heterocycles. The Bertz CT molecular complexity index is 1300. The van der Waals surface area contributed by atoms with Crippen LogP contribution in [0.2, 0.25) is 0 Å². The number of anilines is 1. The molecule has 0 saturated carbocycles. The molecule has 1 fully saturated rings. The van der Waals surface area contributed by atoms with Gasteiger partial charge in [-0.15, -0.1) is 0 Å². The van der Waals surface area contributed by atoms with E-state index >= 15 is 0 Å². The molecule has 4 aromatic rings. The Labute approximate surface area is 210 Å². The first-order chi connectivity index (χ1) is 17.5. The Kier molecular flexibility index (Phi) is 6.97.